The maximum atomic E-state index is 2.50. The predicted octanol–water partition coefficient (Wildman–Crippen LogP) is 13.6. The molecule has 37 heavy (non-hydrogen) atoms. The first-order valence-corrected chi connectivity index (χ1v) is 17.9. The quantitative estimate of drug-likeness (QED) is 0.111. The lowest BCUT2D eigenvalue weighted by atomic mass is 9.89. The summed E-state index contributed by atoms with van der Waals surface area (Å²) >= 11 is 3.99. The smallest absolute Gasteiger partial charge is 0.0387 e. The molecule has 3 rings (SSSR count). The Bertz CT molecular complexity index is 926. The van der Waals surface area contributed by atoms with Crippen LogP contribution in [-0.4, -0.2) is 0 Å². The highest BCUT2D eigenvalue weighted by molar-refractivity contribution is 7.19. The third kappa shape index (κ3) is 9.99. The zero-order valence-electron chi connectivity index (χ0n) is 24.6. The molecule has 0 aliphatic rings. The van der Waals surface area contributed by atoms with Gasteiger partial charge >= 0.3 is 0 Å². The van der Waals surface area contributed by atoms with Gasteiger partial charge in [-0.05, 0) is 70.0 Å². The van der Waals surface area contributed by atoms with Gasteiger partial charge in [0.05, 0.1) is 0 Å². The largest absolute Gasteiger partial charge is 0.143 e. The van der Waals surface area contributed by atoms with Gasteiger partial charge in [-0.15, -0.1) is 22.7 Å². The zero-order valence-corrected chi connectivity index (χ0v) is 26.2. The molecule has 0 nitrogen and oxygen atoms in total. The Labute approximate surface area is 237 Å². The molecule has 1 unspecified atom stereocenters. The van der Waals surface area contributed by atoms with Gasteiger partial charge in [0, 0.05) is 9.40 Å². The Balaban J connectivity index is 1.48. The van der Waals surface area contributed by atoms with E-state index in [1.807, 2.05) is 22.7 Å². The molecule has 0 fully saturated rings. The molecule has 2 heterocycles. The Kier molecular flexibility index (Phi) is 15.3. The van der Waals surface area contributed by atoms with Crippen molar-refractivity contribution in [2.75, 3.05) is 0 Å². The SMILES string of the molecule is CCCCCCCCCCCCc1c2ccsc2c(C(C)CCCCCCCCCCC)c2ccsc12. The Morgan fingerprint density at radius 1 is 0.541 bits per heavy atom. The normalized spacial score (nSPS) is 12.7. The summed E-state index contributed by atoms with van der Waals surface area (Å²) in [6, 6.07) is 4.86. The number of thiophene rings is 2. The van der Waals surface area contributed by atoms with Crippen molar-refractivity contribution in [3.05, 3.63) is 34.0 Å². The van der Waals surface area contributed by atoms with E-state index in [0.717, 1.165) is 0 Å². The molecule has 0 spiro atoms. The lowest BCUT2D eigenvalue weighted by molar-refractivity contribution is 0.540. The Morgan fingerprint density at radius 3 is 1.57 bits per heavy atom. The first kappa shape index (κ1) is 30.7. The lowest BCUT2D eigenvalue weighted by Gasteiger charge is -2.17. The van der Waals surface area contributed by atoms with Crippen molar-refractivity contribution in [1.82, 2.24) is 0 Å². The number of fused-ring (bicyclic) bond motifs is 2. The summed E-state index contributed by atoms with van der Waals surface area (Å²) in [5.41, 5.74) is 3.31. The standard InChI is InChI=1S/C35H56S2/c1-4-6-8-10-12-14-16-18-20-22-24-30-31-25-27-37-35(31)33(32-26-28-36-34(30)32)29(3)23-21-19-17-15-13-11-9-7-5-2/h25-29H,4-24H2,1-3H3. The second-order valence-electron chi connectivity index (χ2n) is 11.7. The Hall–Kier alpha value is -0.860. The van der Waals surface area contributed by atoms with Crippen LogP contribution in [0.1, 0.15) is 166 Å². The van der Waals surface area contributed by atoms with Crippen molar-refractivity contribution in [3.63, 3.8) is 0 Å². The minimum Gasteiger partial charge on any atom is -0.143 e. The number of aryl methyl sites for hydroxylation is 1. The highest BCUT2D eigenvalue weighted by atomic mass is 32.1. The summed E-state index contributed by atoms with van der Waals surface area (Å²) < 4.78 is 3.19. The number of rotatable bonds is 22. The van der Waals surface area contributed by atoms with Crippen molar-refractivity contribution >= 4 is 42.8 Å². The van der Waals surface area contributed by atoms with E-state index >= 15 is 0 Å². The predicted molar refractivity (Wildman–Crippen MR) is 173 cm³/mol. The molecule has 0 N–H and O–H groups in total. The number of hydrogen-bond donors (Lipinski definition) is 0. The molecular formula is C35H56S2. The minimum atomic E-state index is 0.661. The monoisotopic (exact) mass is 540 g/mol. The molecule has 2 heteroatoms. The molecule has 0 aliphatic carbocycles. The second kappa shape index (κ2) is 18.4. The summed E-state index contributed by atoms with van der Waals surface area (Å²) in [5, 5.41) is 7.85. The van der Waals surface area contributed by atoms with Crippen molar-refractivity contribution in [2.45, 2.75) is 162 Å². The molecule has 208 valence electrons. The van der Waals surface area contributed by atoms with Gasteiger partial charge in [-0.1, -0.05) is 136 Å². The molecule has 0 bridgehead atoms. The van der Waals surface area contributed by atoms with Gasteiger partial charge < -0.3 is 0 Å². The number of hydrogen-bond acceptors (Lipinski definition) is 2. The summed E-state index contributed by atoms with van der Waals surface area (Å²) in [6.45, 7) is 7.11. The van der Waals surface area contributed by atoms with E-state index in [-0.39, 0.29) is 0 Å². The first-order chi connectivity index (χ1) is 18.3. The van der Waals surface area contributed by atoms with E-state index in [0.29, 0.717) is 5.92 Å². The molecule has 0 aliphatic heterocycles. The third-order valence-electron chi connectivity index (χ3n) is 8.48. The molecule has 1 atom stereocenters. The van der Waals surface area contributed by atoms with E-state index in [4.69, 9.17) is 0 Å². The van der Waals surface area contributed by atoms with Crippen LogP contribution in [-0.2, 0) is 6.42 Å². The van der Waals surface area contributed by atoms with Crippen LogP contribution in [0.3, 0.4) is 0 Å². The van der Waals surface area contributed by atoms with Crippen LogP contribution >= 0.6 is 22.7 Å². The average molecular weight is 541 g/mol. The van der Waals surface area contributed by atoms with Crippen LogP contribution in [0.5, 0.6) is 0 Å². The molecule has 0 amide bonds. The lowest BCUT2D eigenvalue weighted by Crippen LogP contribution is -1.98. The molecule has 3 aromatic rings. The van der Waals surface area contributed by atoms with E-state index < -0.39 is 0 Å². The van der Waals surface area contributed by atoms with Crippen LogP contribution in [0.4, 0.5) is 0 Å². The third-order valence-corrected chi connectivity index (χ3v) is 10.4. The first-order valence-electron chi connectivity index (χ1n) is 16.2. The van der Waals surface area contributed by atoms with E-state index in [9.17, 15) is 0 Å². The topological polar surface area (TPSA) is 0 Å². The maximum absolute atomic E-state index is 2.50. The molecular weight excluding hydrogens is 485 g/mol. The fraction of sp³-hybridized carbons (Fsp3) is 0.714. The van der Waals surface area contributed by atoms with Gasteiger partial charge in [-0.25, -0.2) is 0 Å². The number of unbranched alkanes of at least 4 members (excludes halogenated alkanes) is 17. The summed E-state index contributed by atoms with van der Waals surface area (Å²) in [5.74, 6) is 0.661. The summed E-state index contributed by atoms with van der Waals surface area (Å²) in [4.78, 5) is 0. The number of benzene rings is 1. The van der Waals surface area contributed by atoms with Crippen LogP contribution < -0.4 is 0 Å². The molecule has 1 aromatic carbocycles. The zero-order chi connectivity index (χ0) is 26.1. The van der Waals surface area contributed by atoms with E-state index in [2.05, 4.69) is 43.7 Å². The maximum Gasteiger partial charge on any atom is 0.0387 e. The van der Waals surface area contributed by atoms with Gasteiger partial charge in [0.2, 0.25) is 0 Å². The van der Waals surface area contributed by atoms with Gasteiger partial charge in [0.25, 0.3) is 0 Å². The van der Waals surface area contributed by atoms with Crippen LogP contribution in [0.25, 0.3) is 20.2 Å². The van der Waals surface area contributed by atoms with Gasteiger partial charge in [0.1, 0.15) is 0 Å². The van der Waals surface area contributed by atoms with Gasteiger partial charge in [-0.3, -0.25) is 0 Å². The van der Waals surface area contributed by atoms with Crippen molar-refractivity contribution in [3.8, 4) is 0 Å². The average Bonchev–Trinajstić information content (AvgIpc) is 3.58. The highest BCUT2D eigenvalue weighted by Crippen LogP contribution is 2.43. The molecule has 0 radical (unpaired) electrons. The van der Waals surface area contributed by atoms with Crippen LogP contribution in [0.2, 0.25) is 0 Å². The second-order valence-corrected chi connectivity index (χ2v) is 13.5. The molecule has 2 aromatic heterocycles. The van der Waals surface area contributed by atoms with Crippen LogP contribution in [0.15, 0.2) is 22.9 Å². The molecule has 0 saturated carbocycles. The highest BCUT2D eigenvalue weighted by Gasteiger charge is 2.19. The van der Waals surface area contributed by atoms with Crippen LogP contribution in [0, 0.1) is 0 Å². The van der Waals surface area contributed by atoms with Gasteiger partial charge in [-0.2, -0.15) is 0 Å². The fourth-order valence-electron chi connectivity index (χ4n) is 6.19. The Morgan fingerprint density at radius 2 is 1.00 bits per heavy atom. The van der Waals surface area contributed by atoms with Crippen molar-refractivity contribution in [1.29, 1.82) is 0 Å². The summed E-state index contributed by atoms with van der Waals surface area (Å²) in [6.07, 6.45) is 29.5. The summed E-state index contributed by atoms with van der Waals surface area (Å²) in [7, 11) is 0. The molecule has 0 saturated heterocycles. The van der Waals surface area contributed by atoms with Crippen molar-refractivity contribution < 1.29 is 0 Å². The van der Waals surface area contributed by atoms with E-state index in [1.54, 1.807) is 31.3 Å². The van der Waals surface area contributed by atoms with E-state index in [1.165, 1.54) is 135 Å². The van der Waals surface area contributed by atoms with Crippen molar-refractivity contribution in [2.24, 2.45) is 0 Å². The fourth-order valence-corrected chi connectivity index (χ4v) is 8.28. The minimum absolute atomic E-state index is 0.661. The van der Waals surface area contributed by atoms with Gasteiger partial charge in [0.15, 0.2) is 0 Å².